The number of nitrogens with one attached hydrogen (secondary N) is 1. The SMILES string of the molecule is N#C/C(=C\c1ccc(OC(=O)c2cccc([N+](=O)[O-])c2)cc1)C(=O)Nc1ccc(Cl)cc1[N+](=O)[O-]. The Morgan fingerprint density at radius 3 is 2.34 bits per heavy atom. The van der Waals surface area contributed by atoms with E-state index in [1.54, 1.807) is 6.07 Å². The van der Waals surface area contributed by atoms with E-state index in [-0.39, 0.29) is 33.3 Å². The molecule has 3 aromatic rings. The Morgan fingerprint density at radius 1 is 1.00 bits per heavy atom. The lowest BCUT2D eigenvalue weighted by atomic mass is 10.1. The van der Waals surface area contributed by atoms with Crippen LogP contribution < -0.4 is 10.1 Å². The molecule has 12 heteroatoms. The van der Waals surface area contributed by atoms with Gasteiger partial charge in [-0.15, -0.1) is 0 Å². The van der Waals surface area contributed by atoms with Crippen molar-refractivity contribution in [2.24, 2.45) is 0 Å². The summed E-state index contributed by atoms with van der Waals surface area (Å²) < 4.78 is 5.19. The summed E-state index contributed by atoms with van der Waals surface area (Å²) in [5.41, 5.74) is -0.769. The summed E-state index contributed by atoms with van der Waals surface area (Å²) >= 11 is 5.75. The van der Waals surface area contributed by atoms with Gasteiger partial charge in [0.05, 0.1) is 15.4 Å². The third kappa shape index (κ3) is 6.25. The van der Waals surface area contributed by atoms with E-state index < -0.39 is 27.4 Å². The van der Waals surface area contributed by atoms with Crippen LogP contribution in [0.1, 0.15) is 15.9 Å². The molecule has 1 amide bonds. The standard InChI is InChI=1S/C23H13ClN4O7/c24-17-6-9-20(21(12-17)28(33)34)26-22(29)16(13-25)10-14-4-7-19(8-5-14)35-23(30)15-2-1-3-18(11-15)27(31)32/h1-12H,(H,26,29)/b16-10+. The van der Waals surface area contributed by atoms with Gasteiger partial charge in [-0.05, 0) is 42.0 Å². The molecule has 0 aliphatic rings. The van der Waals surface area contributed by atoms with Crippen LogP contribution in [0.2, 0.25) is 5.02 Å². The van der Waals surface area contributed by atoms with Gasteiger partial charge in [-0.25, -0.2) is 4.79 Å². The molecule has 0 spiro atoms. The predicted molar refractivity (Wildman–Crippen MR) is 125 cm³/mol. The number of nitro benzene ring substituents is 2. The summed E-state index contributed by atoms with van der Waals surface area (Å²) in [7, 11) is 0. The van der Waals surface area contributed by atoms with E-state index in [0.717, 1.165) is 12.1 Å². The highest BCUT2D eigenvalue weighted by molar-refractivity contribution is 6.31. The largest absolute Gasteiger partial charge is 0.423 e. The van der Waals surface area contributed by atoms with E-state index in [1.807, 2.05) is 0 Å². The Kier molecular flexibility index (Phi) is 7.50. The Labute approximate surface area is 202 Å². The minimum absolute atomic E-state index is 0.0112. The average Bonchev–Trinajstić information content (AvgIpc) is 2.84. The molecule has 0 saturated heterocycles. The van der Waals surface area contributed by atoms with E-state index in [0.29, 0.717) is 5.56 Å². The Balaban J connectivity index is 1.73. The monoisotopic (exact) mass is 492 g/mol. The number of amides is 1. The smallest absolute Gasteiger partial charge is 0.343 e. The molecule has 0 fully saturated rings. The molecule has 0 unspecified atom stereocenters. The lowest BCUT2D eigenvalue weighted by molar-refractivity contribution is -0.384. The molecule has 0 radical (unpaired) electrons. The topological polar surface area (TPSA) is 165 Å². The number of nitriles is 1. The molecular weight excluding hydrogens is 480 g/mol. The van der Waals surface area contributed by atoms with Gasteiger partial charge in [0.2, 0.25) is 0 Å². The first-order valence-corrected chi connectivity index (χ1v) is 9.99. The molecule has 0 aliphatic heterocycles. The first-order chi connectivity index (χ1) is 16.7. The van der Waals surface area contributed by atoms with Crippen molar-refractivity contribution in [3.63, 3.8) is 0 Å². The summed E-state index contributed by atoms with van der Waals surface area (Å²) in [5.74, 6) is -1.56. The van der Waals surface area contributed by atoms with Gasteiger partial charge in [0.25, 0.3) is 17.3 Å². The van der Waals surface area contributed by atoms with Gasteiger partial charge in [0, 0.05) is 23.2 Å². The van der Waals surface area contributed by atoms with Gasteiger partial charge in [0.1, 0.15) is 23.1 Å². The minimum atomic E-state index is -0.876. The Hall–Kier alpha value is -5.08. The van der Waals surface area contributed by atoms with E-state index in [4.69, 9.17) is 16.3 Å². The van der Waals surface area contributed by atoms with Crippen LogP contribution in [-0.2, 0) is 4.79 Å². The highest BCUT2D eigenvalue weighted by atomic mass is 35.5. The van der Waals surface area contributed by atoms with Crippen LogP contribution in [0, 0.1) is 31.6 Å². The number of hydrogen-bond acceptors (Lipinski definition) is 8. The minimum Gasteiger partial charge on any atom is -0.423 e. The highest BCUT2D eigenvalue weighted by Gasteiger charge is 2.19. The number of rotatable bonds is 7. The average molecular weight is 493 g/mol. The summed E-state index contributed by atoms with van der Waals surface area (Å²) in [6.07, 6.45) is 1.24. The maximum Gasteiger partial charge on any atom is 0.343 e. The van der Waals surface area contributed by atoms with Gasteiger partial charge in [-0.3, -0.25) is 25.0 Å². The zero-order chi connectivity index (χ0) is 25.5. The predicted octanol–water partition coefficient (Wildman–Crippen LogP) is 4.92. The van der Waals surface area contributed by atoms with Crippen molar-refractivity contribution < 1.29 is 24.2 Å². The van der Waals surface area contributed by atoms with Crippen molar-refractivity contribution in [3.05, 3.63) is 109 Å². The molecule has 0 aromatic heterocycles. The summed E-state index contributed by atoms with van der Waals surface area (Å²) in [6.45, 7) is 0. The fourth-order valence-corrected chi connectivity index (χ4v) is 2.98. The molecule has 0 atom stereocenters. The van der Waals surface area contributed by atoms with Crippen molar-refractivity contribution in [1.29, 1.82) is 5.26 Å². The fourth-order valence-electron chi connectivity index (χ4n) is 2.81. The maximum absolute atomic E-state index is 12.5. The van der Waals surface area contributed by atoms with Gasteiger partial charge in [-0.1, -0.05) is 29.8 Å². The molecule has 1 N–H and O–H groups in total. The molecule has 3 rings (SSSR count). The molecule has 0 saturated carbocycles. The van der Waals surface area contributed by atoms with E-state index in [1.165, 1.54) is 60.7 Å². The third-order valence-corrected chi connectivity index (χ3v) is 4.70. The second-order valence-corrected chi connectivity index (χ2v) is 7.24. The van der Waals surface area contributed by atoms with Crippen molar-refractivity contribution in [3.8, 4) is 11.8 Å². The van der Waals surface area contributed by atoms with E-state index in [2.05, 4.69) is 5.32 Å². The highest BCUT2D eigenvalue weighted by Crippen LogP contribution is 2.28. The number of esters is 1. The molecular formula is C23H13ClN4O7. The molecule has 174 valence electrons. The van der Waals surface area contributed by atoms with Crippen LogP contribution in [0.15, 0.2) is 72.3 Å². The van der Waals surface area contributed by atoms with Crippen LogP contribution >= 0.6 is 11.6 Å². The van der Waals surface area contributed by atoms with Gasteiger partial charge in [0.15, 0.2) is 0 Å². The number of halogens is 1. The van der Waals surface area contributed by atoms with Crippen LogP contribution in [0.3, 0.4) is 0 Å². The Bertz CT molecular complexity index is 1410. The first kappa shape index (κ1) is 24.6. The molecule has 0 aliphatic carbocycles. The number of hydrogen-bond donors (Lipinski definition) is 1. The zero-order valence-corrected chi connectivity index (χ0v) is 18.3. The van der Waals surface area contributed by atoms with Gasteiger partial charge >= 0.3 is 5.97 Å². The van der Waals surface area contributed by atoms with Gasteiger partial charge < -0.3 is 10.1 Å². The molecule has 0 bridgehead atoms. The van der Waals surface area contributed by atoms with E-state index >= 15 is 0 Å². The van der Waals surface area contributed by atoms with Crippen LogP contribution in [-0.4, -0.2) is 21.7 Å². The second kappa shape index (κ2) is 10.7. The normalized spacial score (nSPS) is 10.7. The Morgan fingerprint density at radius 2 is 1.71 bits per heavy atom. The summed E-state index contributed by atoms with van der Waals surface area (Å²) in [6, 6.07) is 16.2. The maximum atomic E-state index is 12.5. The number of non-ortho nitro benzene ring substituents is 1. The summed E-state index contributed by atoms with van der Waals surface area (Å²) in [5, 5.41) is 33.8. The fraction of sp³-hybridized carbons (Fsp3) is 0. The lowest BCUT2D eigenvalue weighted by Crippen LogP contribution is -2.14. The first-order valence-electron chi connectivity index (χ1n) is 9.61. The van der Waals surface area contributed by atoms with Crippen LogP contribution in [0.4, 0.5) is 17.1 Å². The molecule has 11 nitrogen and oxygen atoms in total. The zero-order valence-electron chi connectivity index (χ0n) is 17.5. The molecule has 0 heterocycles. The summed E-state index contributed by atoms with van der Waals surface area (Å²) in [4.78, 5) is 45.4. The number of carbonyl (C=O) groups is 2. The van der Waals surface area contributed by atoms with Crippen molar-refractivity contribution in [2.75, 3.05) is 5.32 Å². The van der Waals surface area contributed by atoms with Crippen LogP contribution in [0.5, 0.6) is 5.75 Å². The van der Waals surface area contributed by atoms with Crippen molar-refractivity contribution in [1.82, 2.24) is 0 Å². The van der Waals surface area contributed by atoms with E-state index in [9.17, 15) is 35.1 Å². The number of nitro groups is 2. The number of anilines is 1. The lowest BCUT2D eigenvalue weighted by Gasteiger charge is -2.06. The number of benzene rings is 3. The second-order valence-electron chi connectivity index (χ2n) is 6.81. The van der Waals surface area contributed by atoms with Crippen molar-refractivity contribution in [2.45, 2.75) is 0 Å². The number of ether oxygens (including phenoxy) is 1. The number of nitrogens with zero attached hydrogens (tertiary/aromatic N) is 3. The van der Waals surface area contributed by atoms with Gasteiger partial charge in [-0.2, -0.15) is 5.26 Å². The van der Waals surface area contributed by atoms with Crippen molar-refractivity contribution >= 4 is 46.6 Å². The molecule has 35 heavy (non-hydrogen) atoms. The van der Waals surface area contributed by atoms with Crippen LogP contribution in [0.25, 0.3) is 6.08 Å². The molecule has 3 aromatic carbocycles. The quantitative estimate of drug-likeness (QED) is 0.121. The third-order valence-electron chi connectivity index (χ3n) is 4.46. The number of carbonyl (C=O) groups excluding carboxylic acids is 2.